The fourth-order valence-electron chi connectivity index (χ4n) is 2.86. The summed E-state index contributed by atoms with van der Waals surface area (Å²) in [5.41, 5.74) is -0.0943. The van der Waals surface area contributed by atoms with Crippen LogP contribution in [0.5, 0.6) is 0 Å². The number of alkyl halides is 4. The van der Waals surface area contributed by atoms with Crippen molar-refractivity contribution < 1.29 is 22.1 Å². The summed E-state index contributed by atoms with van der Waals surface area (Å²) in [6.45, 7) is 0.691. The fraction of sp³-hybridized carbons (Fsp3) is 0.538. The van der Waals surface area contributed by atoms with Crippen molar-refractivity contribution in [1.29, 1.82) is 0 Å². The Morgan fingerprint density at radius 1 is 1.26 bits per heavy atom. The topological polar surface area (TPSA) is 67.9 Å². The molecule has 0 saturated carbocycles. The van der Waals surface area contributed by atoms with Gasteiger partial charge in [-0.3, -0.25) is 0 Å². The lowest BCUT2D eigenvalue weighted by atomic mass is 10.0. The van der Waals surface area contributed by atoms with Crippen LogP contribution < -0.4 is 4.90 Å². The minimum absolute atomic E-state index is 0.0440. The van der Waals surface area contributed by atoms with E-state index in [4.69, 9.17) is 0 Å². The molecule has 0 N–H and O–H groups in total. The normalized spacial score (nSPS) is 24.4. The summed E-state index contributed by atoms with van der Waals surface area (Å²) < 4.78 is 59.5. The molecule has 0 radical (unpaired) electrons. The monoisotopic (exact) mass is 329 g/mol. The van der Waals surface area contributed by atoms with Crippen molar-refractivity contribution in [3.05, 3.63) is 17.7 Å². The van der Waals surface area contributed by atoms with E-state index in [1.807, 2.05) is 0 Å². The standard InChI is InChI=1S/C13H11F4N5O/c1-6-13(16,17)4-22(6)11-19-8(10-18-5-23-21-10)7-2-3-12(14,15)9(7)20-11/h5-6H,2-4H2,1H3. The molecular weight excluding hydrogens is 318 g/mol. The van der Waals surface area contributed by atoms with Gasteiger partial charge in [0.2, 0.25) is 18.2 Å². The van der Waals surface area contributed by atoms with Crippen molar-refractivity contribution in [3.63, 3.8) is 0 Å². The minimum atomic E-state index is -3.12. The molecule has 6 nitrogen and oxygen atoms in total. The van der Waals surface area contributed by atoms with Gasteiger partial charge in [0.25, 0.3) is 11.8 Å². The van der Waals surface area contributed by atoms with E-state index in [-0.39, 0.29) is 29.5 Å². The molecule has 1 unspecified atom stereocenters. The molecule has 10 heteroatoms. The van der Waals surface area contributed by atoms with E-state index in [1.54, 1.807) is 0 Å². The summed E-state index contributed by atoms with van der Waals surface area (Å²) in [6, 6.07) is -1.16. The first-order valence-electron chi connectivity index (χ1n) is 7.00. The Balaban J connectivity index is 1.85. The van der Waals surface area contributed by atoms with Gasteiger partial charge in [0.1, 0.15) is 11.4 Å². The molecule has 0 spiro atoms. The first kappa shape index (κ1) is 14.3. The number of fused-ring (bicyclic) bond motifs is 1. The van der Waals surface area contributed by atoms with E-state index in [9.17, 15) is 17.6 Å². The van der Waals surface area contributed by atoms with Gasteiger partial charge in [-0.05, 0) is 13.3 Å². The molecule has 1 saturated heterocycles. The molecule has 2 aromatic rings. The predicted octanol–water partition coefficient (Wildman–Crippen LogP) is 2.41. The molecule has 0 amide bonds. The zero-order valence-electron chi connectivity index (χ0n) is 11.9. The molecule has 1 aliphatic carbocycles. The minimum Gasteiger partial charge on any atom is -0.342 e. The van der Waals surface area contributed by atoms with Gasteiger partial charge in [-0.25, -0.2) is 18.7 Å². The van der Waals surface area contributed by atoms with Crippen LogP contribution in [0.25, 0.3) is 11.5 Å². The van der Waals surface area contributed by atoms with Crippen molar-refractivity contribution >= 4 is 5.95 Å². The van der Waals surface area contributed by atoms with Crippen molar-refractivity contribution in [2.24, 2.45) is 0 Å². The summed E-state index contributed by atoms with van der Waals surface area (Å²) in [6.07, 6.45) is 0.715. The number of halogens is 4. The highest BCUT2D eigenvalue weighted by atomic mass is 19.3. The van der Waals surface area contributed by atoms with Gasteiger partial charge in [0, 0.05) is 12.0 Å². The van der Waals surface area contributed by atoms with Crippen LogP contribution in [0.4, 0.5) is 23.5 Å². The second kappa shape index (κ2) is 4.39. The van der Waals surface area contributed by atoms with E-state index < -0.39 is 36.5 Å². The molecule has 23 heavy (non-hydrogen) atoms. The highest BCUT2D eigenvalue weighted by molar-refractivity contribution is 5.61. The third-order valence-corrected chi connectivity index (χ3v) is 4.32. The zero-order valence-corrected chi connectivity index (χ0v) is 11.9. The van der Waals surface area contributed by atoms with Gasteiger partial charge >= 0.3 is 0 Å². The lowest BCUT2D eigenvalue weighted by molar-refractivity contribution is -0.0650. The lowest BCUT2D eigenvalue weighted by Crippen LogP contribution is -2.64. The van der Waals surface area contributed by atoms with Crippen LogP contribution in [0.2, 0.25) is 0 Å². The molecule has 0 bridgehead atoms. The summed E-state index contributed by atoms with van der Waals surface area (Å²) in [4.78, 5) is 13.0. The molecule has 1 atom stereocenters. The summed E-state index contributed by atoms with van der Waals surface area (Å²) in [5.74, 6) is -6.13. The predicted molar refractivity (Wildman–Crippen MR) is 69.3 cm³/mol. The smallest absolute Gasteiger partial charge is 0.290 e. The second-order valence-corrected chi connectivity index (χ2v) is 5.72. The second-order valence-electron chi connectivity index (χ2n) is 5.72. The Bertz CT molecular complexity index is 764. The van der Waals surface area contributed by atoms with Crippen LogP contribution in [0.15, 0.2) is 10.9 Å². The van der Waals surface area contributed by atoms with Crippen LogP contribution in [-0.4, -0.2) is 38.6 Å². The average Bonchev–Trinajstić information content (AvgIpc) is 3.13. The van der Waals surface area contributed by atoms with Crippen LogP contribution in [0.3, 0.4) is 0 Å². The lowest BCUT2D eigenvalue weighted by Gasteiger charge is -2.45. The Morgan fingerprint density at radius 3 is 2.65 bits per heavy atom. The van der Waals surface area contributed by atoms with Gasteiger partial charge < -0.3 is 9.42 Å². The van der Waals surface area contributed by atoms with Crippen molar-refractivity contribution in [2.45, 2.75) is 37.7 Å². The quantitative estimate of drug-likeness (QED) is 0.788. The molecule has 1 aliphatic heterocycles. The molecule has 2 aliphatic rings. The summed E-state index contributed by atoms with van der Waals surface area (Å²) >= 11 is 0. The van der Waals surface area contributed by atoms with Crippen LogP contribution in [0.1, 0.15) is 24.6 Å². The highest BCUT2D eigenvalue weighted by Crippen LogP contribution is 2.45. The Hall–Kier alpha value is -2.26. The number of nitrogens with zero attached hydrogens (tertiary/aromatic N) is 5. The molecule has 0 aromatic carbocycles. The third-order valence-electron chi connectivity index (χ3n) is 4.32. The molecular formula is C13H11F4N5O. The largest absolute Gasteiger partial charge is 0.342 e. The molecule has 1 fully saturated rings. The number of hydrogen-bond donors (Lipinski definition) is 0. The SMILES string of the molecule is CC1N(c2nc(-c3ncon3)c3c(n2)C(F)(F)CC3)CC1(F)F. The maximum absolute atomic E-state index is 14.1. The van der Waals surface area contributed by atoms with Crippen molar-refractivity contribution in [2.75, 3.05) is 11.4 Å². The van der Waals surface area contributed by atoms with Crippen LogP contribution >= 0.6 is 0 Å². The van der Waals surface area contributed by atoms with Gasteiger partial charge in [-0.2, -0.15) is 13.8 Å². The van der Waals surface area contributed by atoms with E-state index in [0.717, 1.165) is 6.39 Å². The van der Waals surface area contributed by atoms with E-state index >= 15 is 0 Å². The van der Waals surface area contributed by atoms with Gasteiger partial charge in [-0.15, -0.1) is 0 Å². The average molecular weight is 329 g/mol. The van der Waals surface area contributed by atoms with E-state index in [1.165, 1.54) is 11.8 Å². The number of anilines is 1. The maximum Gasteiger partial charge on any atom is 0.290 e. The summed E-state index contributed by atoms with van der Waals surface area (Å²) in [5, 5.41) is 3.62. The van der Waals surface area contributed by atoms with Crippen molar-refractivity contribution in [3.8, 4) is 11.5 Å². The third kappa shape index (κ3) is 2.00. The molecule has 122 valence electrons. The Kier molecular flexibility index (Phi) is 2.74. The first-order valence-corrected chi connectivity index (χ1v) is 7.00. The van der Waals surface area contributed by atoms with Gasteiger partial charge in [-0.1, -0.05) is 5.16 Å². The van der Waals surface area contributed by atoms with E-state index in [0.29, 0.717) is 0 Å². The maximum atomic E-state index is 14.1. The van der Waals surface area contributed by atoms with Crippen molar-refractivity contribution in [1.82, 2.24) is 20.1 Å². The number of hydrogen-bond acceptors (Lipinski definition) is 6. The number of rotatable bonds is 2. The van der Waals surface area contributed by atoms with Gasteiger partial charge in [0.15, 0.2) is 0 Å². The van der Waals surface area contributed by atoms with Crippen LogP contribution in [-0.2, 0) is 12.3 Å². The van der Waals surface area contributed by atoms with E-state index in [2.05, 4.69) is 24.6 Å². The molecule has 4 rings (SSSR count). The molecule has 3 heterocycles. The fourth-order valence-corrected chi connectivity index (χ4v) is 2.86. The van der Waals surface area contributed by atoms with Crippen LogP contribution in [0, 0.1) is 0 Å². The van der Waals surface area contributed by atoms with Gasteiger partial charge in [0.05, 0.1) is 12.6 Å². The number of aromatic nitrogens is 4. The Labute approximate surface area is 127 Å². The zero-order chi connectivity index (χ0) is 16.4. The Morgan fingerprint density at radius 2 is 2.04 bits per heavy atom. The first-order chi connectivity index (χ1) is 10.8. The summed E-state index contributed by atoms with van der Waals surface area (Å²) in [7, 11) is 0. The molecule has 2 aromatic heterocycles. The highest BCUT2D eigenvalue weighted by Gasteiger charge is 2.54.